The summed E-state index contributed by atoms with van der Waals surface area (Å²) in [7, 11) is 0. The minimum Gasteiger partial charge on any atom is -0.460 e. The van der Waals surface area contributed by atoms with E-state index in [1.54, 1.807) is 13.8 Å². The Labute approximate surface area is 135 Å². The summed E-state index contributed by atoms with van der Waals surface area (Å²) in [5, 5.41) is 0.236. The molecule has 0 unspecified atom stereocenters. The molecule has 4 nitrogen and oxygen atoms in total. The van der Waals surface area contributed by atoms with Crippen LogP contribution in [-0.4, -0.2) is 24.1 Å². The molecule has 22 heavy (non-hydrogen) atoms. The van der Waals surface area contributed by atoms with Crippen LogP contribution in [0.25, 0.3) is 0 Å². The van der Waals surface area contributed by atoms with Crippen molar-refractivity contribution in [3.05, 3.63) is 23.8 Å². The Bertz CT molecular complexity index is 570. The molecule has 0 saturated heterocycles. The number of carbonyl (C=O) groups is 2. The normalized spacial score (nSPS) is 29.0. The molecule has 0 N–H and O–H groups in total. The highest BCUT2D eigenvalue weighted by Crippen LogP contribution is 2.49. The van der Waals surface area contributed by atoms with E-state index >= 15 is 0 Å². The minimum atomic E-state index is -0.999. The predicted octanol–water partition coefficient (Wildman–Crippen LogP) is 2.68. The molecule has 5 heteroatoms. The van der Waals surface area contributed by atoms with Gasteiger partial charge < -0.3 is 9.47 Å². The Hall–Kier alpha value is -1.73. The summed E-state index contributed by atoms with van der Waals surface area (Å²) in [4.78, 5) is 24.7. The number of rotatable bonds is 5. The summed E-state index contributed by atoms with van der Waals surface area (Å²) in [5.41, 5.74) is -0.999. The smallest absolute Gasteiger partial charge is 0.311 e. The van der Waals surface area contributed by atoms with Crippen LogP contribution in [0.5, 0.6) is 0 Å². The number of terminal acetylenes is 1. The Morgan fingerprint density at radius 3 is 2.36 bits per heavy atom. The van der Waals surface area contributed by atoms with E-state index in [0.717, 1.165) is 6.42 Å². The first kappa shape index (κ1) is 16.6. The summed E-state index contributed by atoms with van der Waals surface area (Å²) < 4.78 is 10.5. The highest BCUT2D eigenvalue weighted by molar-refractivity contribution is 6.29. The van der Waals surface area contributed by atoms with E-state index in [0.29, 0.717) is 0 Å². The number of fused-ring (bicyclic) bond motifs is 2. The highest BCUT2D eigenvalue weighted by atomic mass is 35.5. The number of carbonyl (C=O) groups excluding carboxylic acids is 2. The van der Waals surface area contributed by atoms with Crippen molar-refractivity contribution in [2.45, 2.75) is 25.9 Å². The Morgan fingerprint density at radius 1 is 1.32 bits per heavy atom. The highest BCUT2D eigenvalue weighted by Gasteiger charge is 2.53. The lowest BCUT2D eigenvalue weighted by Crippen LogP contribution is -2.39. The zero-order valence-corrected chi connectivity index (χ0v) is 13.4. The fourth-order valence-electron chi connectivity index (χ4n) is 3.06. The van der Waals surface area contributed by atoms with E-state index in [9.17, 15) is 9.59 Å². The van der Waals surface area contributed by atoms with Crippen molar-refractivity contribution in [2.24, 2.45) is 23.7 Å². The maximum Gasteiger partial charge on any atom is 0.311 e. The molecule has 2 rings (SSSR count). The topological polar surface area (TPSA) is 52.6 Å². The molecule has 0 aliphatic heterocycles. The van der Waals surface area contributed by atoms with Crippen LogP contribution in [0.2, 0.25) is 0 Å². The average Bonchev–Trinajstić information content (AvgIpc) is 3.04. The van der Waals surface area contributed by atoms with Gasteiger partial charge >= 0.3 is 11.9 Å². The summed E-state index contributed by atoms with van der Waals surface area (Å²) in [5.74, 6) is 0.396. The molecule has 0 radical (unpaired) electrons. The summed E-state index contributed by atoms with van der Waals surface area (Å²) in [6, 6.07) is 0. The molecule has 4 atom stereocenters. The van der Waals surface area contributed by atoms with Crippen molar-refractivity contribution >= 4 is 23.5 Å². The van der Waals surface area contributed by atoms with Gasteiger partial charge in [0.25, 0.3) is 0 Å². The van der Waals surface area contributed by atoms with E-state index < -0.39 is 29.4 Å². The van der Waals surface area contributed by atoms with Gasteiger partial charge in [-0.05, 0) is 32.1 Å². The van der Waals surface area contributed by atoms with Crippen LogP contribution in [0, 0.1) is 36.0 Å². The molecule has 1 saturated carbocycles. The number of hydrogen-bond acceptors (Lipinski definition) is 4. The van der Waals surface area contributed by atoms with Gasteiger partial charge in [-0.15, -0.1) is 6.42 Å². The van der Waals surface area contributed by atoms with Crippen molar-refractivity contribution in [1.29, 1.82) is 0 Å². The van der Waals surface area contributed by atoms with Gasteiger partial charge in [-0.25, -0.2) is 0 Å². The molecule has 1 fully saturated rings. The minimum absolute atomic E-state index is 0.00686. The third kappa shape index (κ3) is 3.36. The first-order valence-electron chi connectivity index (χ1n) is 7.14. The van der Waals surface area contributed by atoms with Gasteiger partial charge in [0.2, 0.25) is 0 Å². The van der Waals surface area contributed by atoms with Gasteiger partial charge in [0.1, 0.15) is 6.61 Å². The molecule has 0 aromatic rings. The second-order valence-electron chi connectivity index (χ2n) is 6.20. The van der Waals surface area contributed by atoms with Crippen LogP contribution < -0.4 is 0 Å². The lowest BCUT2D eigenvalue weighted by molar-refractivity contribution is -0.166. The van der Waals surface area contributed by atoms with E-state index in [1.807, 2.05) is 12.2 Å². The molecule has 0 spiro atoms. The van der Waals surface area contributed by atoms with E-state index in [-0.39, 0.29) is 23.5 Å². The molecule has 2 bridgehead atoms. The van der Waals surface area contributed by atoms with Crippen LogP contribution in [0.3, 0.4) is 0 Å². The number of allylic oxidation sites excluding steroid dienone is 2. The molecule has 118 valence electrons. The van der Waals surface area contributed by atoms with Crippen LogP contribution in [-0.2, 0) is 19.1 Å². The lowest BCUT2D eigenvalue weighted by Gasteiger charge is -2.28. The Kier molecular flexibility index (Phi) is 4.67. The van der Waals surface area contributed by atoms with E-state index in [4.69, 9.17) is 27.5 Å². The Morgan fingerprint density at radius 2 is 1.86 bits per heavy atom. The van der Waals surface area contributed by atoms with Gasteiger partial charge in [0, 0.05) is 5.03 Å². The van der Waals surface area contributed by atoms with Gasteiger partial charge in [-0.2, -0.15) is 0 Å². The van der Waals surface area contributed by atoms with Crippen LogP contribution >= 0.6 is 11.6 Å². The molecular weight excluding hydrogens is 304 g/mol. The first-order chi connectivity index (χ1) is 10.2. The SMILES string of the molecule is C#CC(C)(C)OC(=O)[C@H]1[C@@H](C(=O)OCC(=C)Cl)[C@H]2C=C[C@H]1C2. The zero-order chi connectivity index (χ0) is 16.5. The van der Waals surface area contributed by atoms with E-state index in [1.165, 1.54) is 0 Å². The summed E-state index contributed by atoms with van der Waals surface area (Å²) in [6.07, 6.45) is 10.0. The molecule has 2 aliphatic rings. The maximum atomic E-state index is 12.5. The van der Waals surface area contributed by atoms with E-state index in [2.05, 4.69) is 12.5 Å². The van der Waals surface area contributed by atoms with Crippen LogP contribution in [0.1, 0.15) is 20.3 Å². The standard InChI is InChI=1S/C17H19ClO4/c1-5-17(3,4)22-16(20)14-12-7-6-11(8-12)13(14)15(19)21-9-10(2)18/h1,6-7,11-14H,2,8-9H2,3-4H3/t11-,12-,13-,14+/m0/s1. The van der Waals surface area contributed by atoms with Gasteiger partial charge in [-0.1, -0.05) is 36.3 Å². The van der Waals surface area contributed by atoms with Gasteiger partial charge in [0.05, 0.1) is 11.8 Å². The van der Waals surface area contributed by atoms with Gasteiger partial charge in [0.15, 0.2) is 5.60 Å². The fourth-order valence-corrected chi connectivity index (χ4v) is 3.11. The number of hydrogen-bond donors (Lipinski definition) is 0. The molecule has 0 aromatic heterocycles. The molecule has 0 aromatic carbocycles. The lowest BCUT2D eigenvalue weighted by atomic mass is 9.83. The van der Waals surface area contributed by atoms with Crippen molar-refractivity contribution < 1.29 is 19.1 Å². The van der Waals surface area contributed by atoms with Crippen LogP contribution in [0.4, 0.5) is 0 Å². The molecule has 0 heterocycles. The van der Waals surface area contributed by atoms with Crippen molar-refractivity contribution in [1.82, 2.24) is 0 Å². The second-order valence-corrected chi connectivity index (χ2v) is 6.74. The fraction of sp³-hybridized carbons (Fsp3) is 0.529. The van der Waals surface area contributed by atoms with Crippen molar-refractivity contribution in [3.63, 3.8) is 0 Å². The van der Waals surface area contributed by atoms with Crippen molar-refractivity contribution in [2.75, 3.05) is 6.61 Å². The zero-order valence-electron chi connectivity index (χ0n) is 12.7. The monoisotopic (exact) mass is 322 g/mol. The molecular formula is C17H19ClO4. The maximum absolute atomic E-state index is 12.5. The quantitative estimate of drug-likeness (QED) is 0.443. The number of ether oxygens (including phenoxy) is 2. The van der Waals surface area contributed by atoms with Crippen LogP contribution in [0.15, 0.2) is 23.8 Å². The van der Waals surface area contributed by atoms with Gasteiger partial charge in [-0.3, -0.25) is 9.59 Å². The first-order valence-corrected chi connectivity index (χ1v) is 7.52. The third-order valence-electron chi connectivity index (χ3n) is 4.08. The molecule has 2 aliphatic carbocycles. The summed E-state index contributed by atoms with van der Waals surface area (Å²) in [6.45, 7) is 6.69. The predicted molar refractivity (Wildman–Crippen MR) is 82.7 cm³/mol. The number of halogens is 1. The average molecular weight is 323 g/mol. The van der Waals surface area contributed by atoms with Crippen molar-refractivity contribution in [3.8, 4) is 12.3 Å². The largest absolute Gasteiger partial charge is 0.460 e. The third-order valence-corrected chi connectivity index (χ3v) is 4.19. The Balaban J connectivity index is 2.13. The summed E-state index contributed by atoms with van der Waals surface area (Å²) >= 11 is 5.61. The second kappa shape index (κ2) is 6.18. The number of esters is 2. The molecule has 0 amide bonds.